The van der Waals surface area contributed by atoms with Gasteiger partial charge >= 0.3 is 0 Å². The molecule has 0 heterocycles. The minimum atomic E-state index is 0.382. The van der Waals surface area contributed by atoms with Crippen molar-refractivity contribution < 1.29 is 4.74 Å². The Bertz CT molecular complexity index is 134. The molecule has 0 aromatic heterocycles. The number of hydrogen-bond acceptors (Lipinski definition) is 2. The van der Waals surface area contributed by atoms with Gasteiger partial charge in [0.25, 0.3) is 0 Å². The third-order valence-electron chi connectivity index (χ3n) is 1.97. The molecule has 1 atom stereocenters. The average Bonchev–Trinajstić information content (AvgIpc) is 2.04. The van der Waals surface area contributed by atoms with Crippen molar-refractivity contribution in [2.24, 2.45) is 0 Å². The molecule has 0 bridgehead atoms. The fourth-order valence-corrected chi connectivity index (χ4v) is 1.08. The molecule has 13 heavy (non-hydrogen) atoms. The van der Waals surface area contributed by atoms with Crippen molar-refractivity contribution in [3.05, 3.63) is 12.2 Å². The van der Waals surface area contributed by atoms with Crippen LogP contribution in [0.5, 0.6) is 0 Å². The molecule has 0 aliphatic heterocycles. The highest BCUT2D eigenvalue weighted by Crippen LogP contribution is 2.03. The summed E-state index contributed by atoms with van der Waals surface area (Å²) in [7, 11) is 1.98. The lowest BCUT2D eigenvalue weighted by Gasteiger charge is -2.12. The minimum absolute atomic E-state index is 0.382. The van der Waals surface area contributed by atoms with Crippen LogP contribution in [-0.2, 0) is 4.74 Å². The molecular formula is C11H23NO. The van der Waals surface area contributed by atoms with Crippen molar-refractivity contribution in [1.29, 1.82) is 0 Å². The van der Waals surface area contributed by atoms with E-state index in [1.165, 1.54) is 12.0 Å². The first kappa shape index (κ1) is 12.7. The first-order chi connectivity index (χ1) is 6.16. The summed E-state index contributed by atoms with van der Waals surface area (Å²) in [5.41, 5.74) is 1.20. The fourth-order valence-electron chi connectivity index (χ4n) is 1.08. The van der Waals surface area contributed by atoms with Crippen LogP contribution in [0, 0.1) is 0 Å². The van der Waals surface area contributed by atoms with Crippen molar-refractivity contribution in [3.8, 4) is 0 Å². The topological polar surface area (TPSA) is 21.3 Å². The van der Waals surface area contributed by atoms with E-state index >= 15 is 0 Å². The zero-order valence-electron chi connectivity index (χ0n) is 9.23. The quantitative estimate of drug-likeness (QED) is 0.463. The summed E-state index contributed by atoms with van der Waals surface area (Å²) in [4.78, 5) is 0. The molecule has 78 valence electrons. The molecule has 0 amide bonds. The zero-order chi connectivity index (χ0) is 10.1. The number of rotatable bonds is 8. The van der Waals surface area contributed by atoms with Crippen LogP contribution in [0.25, 0.3) is 0 Å². The van der Waals surface area contributed by atoms with Crippen LogP contribution in [0.15, 0.2) is 12.2 Å². The van der Waals surface area contributed by atoms with Crippen LogP contribution in [-0.4, -0.2) is 26.3 Å². The van der Waals surface area contributed by atoms with E-state index in [0.717, 1.165) is 26.0 Å². The summed E-state index contributed by atoms with van der Waals surface area (Å²) in [6, 6.07) is 0. The standard InChI is InChI=1S/C11H23NO/c1-10(2)7-9-13-11(3)6-5-8-12-4/h11-12H,1,5-9H2,2-4H3. The molecule has 0 radical (unpaired) electrons. The summed E-state index contributed by atoms with van der Waals surface area (Å²) in [5, 5.41) is 3.13. The average molecular weight is 185 g/mol. The van der Waals surface area contributed by atoms with Gasteiger partial charge in [-0.15, -0.1) is 6.58 Å². The second-order valence-electron chi connectivity index (χ2n) is 3.63. The van der Waals surface area contributed by atoms with E-state index in [1.54, 1.807) is 0 Å². The van der Waals surface area contributed by atoms with E-state index in [-0.39, 0.29) is 0 Å². The predicted octanol–water partition coefficient (Wildman–Crippen LogP) is 2.36. The van der Waals surface area contributed by atoms with Crippen LogP contribution in [0.1, 0.15) is 33.1 Å². The lowest BCUT2D eigenvalue weighted by atomic mass is 10.2. The molecule has 0 aliphatic carbocycles. The van der Waals surface area contributed by atoms with Gasteiger partial charge in [0.15, 0.2) is 0 Å². The maximum atomic E-state index is 5.61. The highest BCUT2D eigenvalue weighted by atomic mass is 16.5. The highest BCUT2D eigenvalue weighted by molar-refractivity contribution is 4.87. The van der Waals surface area contributed by atoms with Gasteiger partial charge in [0, 0.05) is 0 Å². The Labute approximate surface area is 82.4 Å². The molecule has 0 fully saturated rings. The summed E-state index contributed by atoms with van der Waals surface area (Å²) in [6.45, 7) is 9.90. The van der Waals surface area contributed by atoms with E-state index in [4.69, 9.17) is 4.74 Å². The number of ether oxygens (including phenoxy) is 1. The summed E-state index contributed by atoms with van der Waals surface area (Å²) < 4.78 is 5.61. The van der Waals surface area contributed by atoms with Gasteiger partial charge in [-0.25, -0.2) is 0 Å². The van der Waals surface area contributed by atoms with Gasteiger partial charge in [0.05, 0.1) is 12.7 Å². The van der Waals surface area contributed by atoms with Gasteiger partial charge < -0.3 is 10.1 Å². The molecule has 1 N–H and O–H groups in total. The maximum absolute atomic E-state index is 5.61. The SMILES string of the molecule is C=C(C)CCOC(C)CCCNC. The van der Waals surface area contributed by atoms with Crippen molar-refractivity contribution in [1.82, 2.24) is 5.32 Å². The third kappa shape index (κ3) is 9.57. The second kappa shape index (κ2) is 8.27. The third-order valence-corrected chi connectivity index (χ3v) is 1.97. The summed E-state index contributed by atoms with van der Waals surface area (Å²) in [6.07, 6.45) is 3.69. The number of hydrogen-bond donors (Lipinski definition) is 1. The van der Waals surface area contributed by atoms with Gasteiger partial charge in [0.1, 0.15) is 0 Å². The molecular weight excluding hydrogens is 162 g/mol. The largest absolute Gasteiger partial charge is 0.378 e. The van der Waals surface area contributed by atoms with E-state index in [1.807, 2.05) is 14.0 Å². The molecule has 0 rings (SSSR count). The Morgan fingerprint density at radius 2 is 2.23 bits per heavy atom. The van der Waals surface area contributed by atoms with Crippen LogP contribution in [0.2, 0.25) is 0 Å². The lowest BCUT2D eigenvalue weighted by Crippen LogP contribution is -2.14. The van der Waals surface area contributed by atoms with Gasteiger partial charge in [-0.2, -0.15) is 0 Å². The van der Waals surface area contributed by atoms with Crippen molar-refractivity contribution >= 4 is 0 Å². The molecule has 1 unspecified atom stereocenters. The predicted molar refractivity (Wildman–Crippen MR) is 58.0 cm³/mol. The Kier molecular flexibility index (Phi) is 8.05. The summed E-state index contributed by atoms with van der Waals surface area (Å²) in [5.74, 6) is 0. The van der Waals surface area contributed by atoms with Gasteiger partial charge in [-0.3, -0.25) is 0 Å². The van der Waals surface area contributed by atoms with E-state index < -0.39 is 0 Å². The van der Waals surface area contributed by atoms with Crippen LogP contribution in [0.4, 0.5) is 0 Å². The number of nitrogens with one attached hydrogen (secondary N) is 1. The first-order valence-electron chi connectivity index (χ1n) is 5.07. The van der Waals surface area contributed by atoms with Gasteiger partial charge in [0.2, 0.25) is 0 Å². The van der Waals surface area contributed by atoms with E-state index in [0.29, 0.717) is 6.10 Å². The smallest absolute Gasteiger partial charge is 0.0547 e. The Balaban J connectivity index is 3.19. The Morgan fingerprint density at radius 1 is 1.54 bits per heavy atom. The first-order valence-corrected chi connectivity index (χ1v) is 5.07. The highest BCUT2D eigenvalue weighted by Gasteiger charge is 2.00. The van der Waals surface area contributed by atoms with Crippen molar-refractivity contribution in [2.75, 3.05) is 20.2 Å². The molecule has 0 saturated carbocycles. The second-order valence-corrected chi connectivity index (χ2v) is 3.63. The van der Waals surface area contributed by atoms with Crippen molar-refractivity contribution in [2.45, 2.75) is 39.2 Å². The molecule has 0 aromatic carbocycles. The molecule has 0 saturated heterocycles. The monoisotopic (exact) mass is 185 g/mol. The summed E-state index contributed by atoms with van der Waals surface area (Å²) >= 11 is 0. The fraction of sp³-hybridized carbons (Fsp3) is 0.818. The van der Waals surface area contributed by atoms with Gasteiger partial charge in [-0.1, -0.05) is 5.57 Å². The zero-order valence-corrected chi connectivity index (χ0v) is 9.23. The molecule has 0 aromatic rings. The van der Waals surface area contributed by atoms with Crippen LogP contribution < -0.4 is 5.32 Å². The molecule has 0 spiro atoms. The van der Waals surface area contributed by atoms with Crippen LogP contribution >= 0.6 is 0 Å². The maximum Gasteiger partial charge on any atom is 0.0547 e. The van der Waals surface area contributed by atoms with Gasteiger partial charge in [-0.05, 0) is 46.7 Å². The lowest BCUT2D eigenvalue weighted by molar-refractivity contribution is 0.0613. The molecule has 2 nitrogen and oxygen atoms in total. The van der Waals surface area contributed by atoms with E-state index in [9.17, 15) is 0 Å². The van der Waals surface area contributed by atoms with Crippen molar-refractivity contribution in [3.63, 3.8) is 0 Å². The van der Waals surface area contributed by atoms with Crippen LogP contribution in [0.3, 0.4) is 0 Å². The Morgan fingerprint density at radius 3 is 2.77 bits per heavy atom. The Hall–Kier alpha value is -0.340. The normalized spacial score (nSPS) is 12.8. The molecule has 0 aliphatic rings. The van der Waals surface area contributed by atoms with E-state index in [2.05, 4.69) is 18.8 Å². The molecule has 2 heteroatoms. The minimum Gasteiger partial charge on any atom is -0.378 e.